The van der Waals surface area contributed by atoms with E-state index in [2.05, 4.69) is 0 Å². The molecular formula is C18H31O9P. The number of hydrogen-bond donors (Lipinski definition) is 2. The van der Waals surface area contributed by atoms with Crippen LogP contribution in [0.15, 0.2) is 0 Å². The Hall–Kier alpha value is -0.990. The first-order valence-corrected chi connectivity index (χ1v) is 11.5. The Morgan fingerprint density at radius 1 is 0.857 bits per heavy atom. The van der Waals surface area contributed by atoms with Crippen LogP contribution >= 0.6 is 7.60 Å². The molecule has 1 atom stereocenters. The van der Waals surface area contributed by atoms with Crippen molar-refractivity contribution in [3.05, 3.63) is 0 Å². The summed E-state index contributed by atoms with van der Waals surface area (Å²) in [7, 11) is -3.10. The highest BCUT2D eigenvalue weighted by molar-refractivity contribution is 7.53. The number of hydrogen-bond acceptors (Lipinski definition) is 7. The van der Waals surface area contributed by atoms with Crippen molar-refractivity contribution in [3.8, 4) is 0 Å². The molecule has 0 aliphatic heterocycles. The minimum atomic E-state index is -5.19. The first-order valence-electron chi connectivity index (χ1n) is 9.81. The van der Waals surface area contributed by atoms with Crippen LogP contribution in [-0.2, 0) is 33.1 Å². The molecule has 162 valence electrons. The van der Waals surface area contributed by atoms with Gasteiger partial charge in [-0.3, -0.25) is 9.36 Å². The van der Waals surface area contributed by atoms with E-state index in [9.17, 15) is 23.9 Å². The number of rotatable bonds is 8. The van der Waals surface area contributed by atoms with Gasteiger partial charge in [-0.05, 0) is 51.4 Å². The Bertz CT molecular complexity index is 572. The molecule has 2 saturated carbocycles. The van der Waals surface area contributed by atoms with Gasteiger partial charge in [0, 0.05) is 14.2 Å². The highest BCUT2D eigenvalue weighted by Crippen LogP contribution is 2.49. The van der Waals surface area contributed by atoms with Gasteiger partial charge in [0.15, 0.2) is 0 Å². The molecule has 0 heterocycles. The molecule has 28 heavy (non-hydrogen) atoms. The Kier molecular flexibility index (Phi) is 8.45. The lowest BCUT2D eigenvalue weighted by molar-refractivity contribution is -0.239. The van der Waals surface area contributed by atoms with E-state index in [1.807, 2.05) is 0 Å². The predicted octanol–water partition coefficient (Wildman–Crippen LogP) is 2.27. The maximum atomic E-state index is 12.9. The number of carbonyl (C=O) groups excluding carboxylic acids is 2. The summed E-state index contributed by atoms with van der Waals surface area (Å²) in [6.07, 6.45) is 7.20. The van der Waals surface area contributed by atoms with Crippen LogP contribution in [0.3, 0.4) is 0 Å². The maximum absolute atomic E-state index is 12.9. The Balaban J connectivity index is 2.25. The lowest BCUT2D eigenvalue weighted by Gasteiger charge is -2.36. The minimum Gasteiger partial charge on any atom is -0.462 e. The zero-order valence-corrected chi connectivity index (χ0v) is 17.4. The molecule has 2 aliphatic carbocycles. The average Bonchev–Trinajstić information content (AvgIpc) is 2.66. The van der Waals surface area contributed by atoms with E-state index in [1.54, 1.807) is 0 Å². The van der Waals surface area contributed by atoms with Gasteiger partial charge in [-0.25, -0.2) is 4.79 Å². The first kappa shape index (κ1) is 23.3. The molecule has 0 amide bonds. The van der Waals surface area contributed by atoms with Crippen molar-refractivity contribution >= 4 is 19.5 Å². The summed E-state index contributed by atoms with van der Waals surface area (Å²) in [6.45, 7) is 0. The van der Waals surface area contributed by atoms with Crippen molar-refractivity contribution in [3.63, 3.8) is 0 Å². The fourth-order valence-electron chi connectivity index (χ4n) is 3.93. The van der Waals surface area contributed by atoms with Crippen LogP contribution in [0.1, 0.15) is 64.2 Å². The smallest absolute Gasteiger partial charge is 0.368 e. The number of carbonyl (C=O) groups is 2. The molecule has 9 nitrogen and oxygen atoms in total. The second kappa shape index (κ2) is 10.2. The van der Waals surface area contributed by atoms with Gasteiger partial charge in [0.25, 0.3) is 5.79 Å². The van der Waals surface area contributed by atoms with Gasteiger partial charge >= 0.3 is 19.5 Å². The molecule has 1 unspecified atom stereocenters. The third-order valence-corrected chi connectivity index (χ3v) is 6.69. The van der Waals surface area contributed by atoms with Gasteiger partial charge < -0.3 is 28.7 Å². The largest absolute Gasteiger partial charge is 0.462 e. The SMILES string of the molecule is COC(OC)(C(=O)OC1CCCCC1)C(C(=O)OC1CCCCC1)P(=O)(O)O. The third-order valence-electron chi connectivity index (χ3n) is 5.47. The van der Waals surface area contributed by atoms with Crippen molar-refractivity contribution in [2.45, 2.75) is 87.9 Å². The van der Waals surface area contributed by atoms with Crippen LogP contribution in [0.2, 0.25) is 0 Å². The monoisotopic (exact) mass is 422 g/mol. The van der Waals surface area contributed by atoms with E-state index in [-0.39, 0.29) is 0 Å². The number of ether oxygens (including phenoxy) is 4. The van der Waals surface area contributed by atoms with Crippen LogP contribution in [0.5, 0.6) is 0 Å². The van der Waals surface area contributed by atoms with Gasteiger partial charge in [0.1, 0.15) is 12.2 Å². The van der Waals surface area contributed by atoms with Crippen molar-refractivity contribution in [2.24, 2.45) is 0 Å². The molecule has 0 aromatic rings. The average molecular weight is 422 g/mol. The van der Waals surface area contributed by atoms with Crippen molar-refractivity contribution in [1.29, 1.82) is 0 Å². The summed E-state index contributed by atoms with van der Waals surface area (Å²) in [4.78, 5) is 45.3. The molecule has 0 saturated heterocycles. The van der Waals surface area contributed by atoms with E-state index in [1.165, 1.54) is 0 Å². The van der Waals surface area contributed by atoms with E-state index in [0.29, 0.717) is 25.7 Å². The lowest BCUT2D eigenvalue weighted by Crippen LogP contribution is -2.58. The molecule has 0 aromatic carbocycles. The second-order valence-electron chi connectivity index (χ2n) is 7.43. The molecule has 2 fully saturated rings. The van der Waals surface area contributed by atoms with Crippen LogP contribution in [0.4, 0.5) is 0 Å². The van der Waals surface area contributed by atoms with E-state index >= 15 is 0 Å². The van der Waals surface area contributed by atoms with E-state index < -0.39 is 43.2 Å². The molecular weight excluding hydrogens is 391 g/mol. The quantitative estimate of drug-likeness (QED) is 0.344. The summed E-state index contributed by atoms with van der Waals surface area (Å²) in [5.41, 5.74) is -2.27. The number of esters is 2. The zero-order chi connectivity index (χ0) is 20.8. The van der Waals surface area contributed by atoms with Crippen molar-refractivity contribution in [2.75, 3.05) is 14.2 Å². The lowest BCUT2D eigenvalue weighted by atomic mass is 9.97. The Morgan fingerprint density at radius 2 is 1.29 bits per heavy atom. The standard InChI is InChI=1S/C18H31O9P/c1-24-18(25-2,17(20)27-14-11-7-4-8-12-14)15(28(21,22)23)16(19)26-13-9-5-3-6-10-13/h13-15H,3-12H2,1-2H3,(H2,21,22,23). The van der Waals surface area contributed by atoms with E-state index in [4.69, 9.17) is 18.9 Å². The van der Waals surface area contributed by atoms with E-state index in [0.717, 1.165) is 52.7 Å². The third kappa shape index (κ3) is 5.54. The van der Waals surface area contributed by atoms with Gasteiger partial charge in [-0.2, -0.15) is 0 Å². The molecule has 0 radical (unpaired) electrons. The van der Waals surface area contributed by atoms with Crippen LogP contribution in [0, 0.1) is 0 Å². The highest BCUT2D eigenvalue weighted by atomic mass is 31.2. The Labute approximate surface area is 165 Å². The molecule has 2 N–H and O–H groups in total. The summed E-state index contributed by atoms with van der Waals surface area (Å²) < 4.78 is 33.1. The van der Waals surface area contributed by atoms with Crippen LogP contribution in [0.25, 0.3) is 0 Å². The highest BCUT2D eigenvalue weighted by Gasteiger charge is 2.62. The van der Waals surface area contributed by atoms with Crippen molar-refractivity contribution in [1.82, 2.24) is 0 Å². The normalized spacial score (nSPS) is 21.1. The second-order valence-corrected chi connectivity index (χ2v) is 9.12. The fourth-order valence-corrected chi connectivity index (χ4v) is 5.02. The van der Waals surface area contributed by atoms with Gasteiger partial charge in [0.2, 0.25) is 5.66 Å². The van der Waals surface area contributed by atoms with Crippen LogP contribution < -0.4 is 0 Å². The summed E-state index contributed by atoms with van der Waals surface area (Å²) in [5.74, 6) is -4.93. The molecule has 0 bridgehead atoms. The van der Waals surface area contributed by atoms with Gasteiger partial charge in [0.05, 0.1) is 0 Å². The Morgan fingerprint density at radius 3 is 1.68 bits per heavy atom. The summed E-state index contributed by atoms with van der Waals surface area (Å²) in [5, 5.41) is 0. The van der Waals surface area contributed by atoms with Crippen LogP contribution in [-0.4, -0.2) is 59.6 Å². The maximum Gasteiger partial charge on any atom is 0.368 e. The minimum absolute atomic E-state index is 0.405. The summed E-state index contributed by atoms with van der Waals surface area (Å²) in [6, 6.07) is 0. The summed E-state index contributed by atoms with van der Waals surface area (Å²) >= 11 is 0. The molecule has 2 rings (SSSR count). The number of methoxy groups -OCH3 is 2. The zero-order valence-electron chi connectivity index (χ0n) is 16.5. The van der Waals surface area contributed by atoms with Gasteiger partial charge in [-0.15, -0.1) is 0 Å². The first-order chi connectivity index (χ1) is 13.2. The fraction of sp³-hybridized carbons (Fsp3) is 0.889. The molecule has 10 heteroatoms. The topological polar surface area (TPSA) is 129 Å². The predicted molar refractivity (Wildman–Crippen MR) is 98.5 cm³/mol. The van der Waals surface area contributed by atoms with Crippen molar-refractivity contribution < 1.29 is 42.9 Å². The molecule has 2 aliphatic rings. The van der Waals surface area contributed by atoms with Gasteiger partial charge in [-0.1, -0.05) is 12.8 Å². The molecule has 0 spiro atoms. The molecule has 0 aromatic heterocycles.